The van der Waals surface area contributed by atoms with Gasteiger partial charge in [-0.1, -0.05) is 90.0 Å². The van der Waals surface area contributed by atoms with E-state index in [1.165, 1.54) is 22.3 Å². The molecule has 0 amide bonds. The Morgan fingerprint density at radius 3 is 2.10 bits per heavy atom. The minimum Gasteiger partial charge on any atom is -0.307 e. The molecule has 0 heterocycles. The molecule has 1 N–H and O–H groups in total. The Bertz CT molecular complexity index is 827. The number of aliphatic imine (C=N–C) groups is 1. The Hall–Kier alpha value is -2.71. The van der Waals surface area contributed by atoms with Crippen molar-refractivity contribution < 1.29 is 0 Å². The maximum atomic E-state index is 4.77. The first-order valence-electron chi connectivity index (χ1n) is 10.3. The number of hydrogen-bond donors (Lipinski definition) is 1. The summed E-state index contributed by atoms with van der Waals surface area (Å²) in [5, 5.41) is 3.46. The minimum absolute atomic E-state index is 0.771. The van der Waals surface area contributed by atoms with Gasteiger partial charge in [-0.15, -0.1) is 0 Å². The van der Waals surface area contributed by atoms with Crippen LogP contribution in [0.5, 0.6) is 0 Å². The van der Waals surface area contributed by atoms with Crippen molar-refractivity contribution in [3.05, 3.63) is 107 Å². The number of benzene rings is 2. The molecule has 0 atom stereocenters. The Balaban J connectivity index is 0.000000612. The third-order valence-corrected chi connectivity index (χ3v) is 4.33. The molecule has 2 heteroatoms. The van der Waals surface area contributed by atoms with Crippen molar-refractivity contribution >= 4 is 5.71 Å². The van der Waals surface area contributed by atoms with Crippen LogP contribution in [0.25, 0.3) is 0 Å². The summed E-state index contributed by atoms with van der Waals surface area (Å²) in [6, 6.07) is 17.1. The second kappa shape index (κ2) is 14.3. The number of rotatable bonds is 7. The predicted octanol–water partition coefficient (Wildman–Crippen LogP) is 6.94. The fourth-order valence-corrected chi connectivity index (χ4v) is 2.62. The number of aryl methyl sites for hydroxylation is 2. The van der Waals surface area contributed by atoms with E-state index in [1.54, 1.807) is 0 Å². The van der Waals surface area contributed by atoms with Gasteiger partial charge in [0.15, 0.2) is 0 Å². The number of allylic oxidation sites excluding steroid dienone is 5. The van der Waals surface area contributed by atoms with Crippen molar-refractivity contribution in [1.29, 1.82) is 0 Å². The highest BCUT2D eigenvalue weighted by Crippen LogP contribution is 2.08. The van der Waals surface area contributed by atoms with Gasteiger partial charge in [0.2, 0.25) is 0 Å². The zero-order valence-corrected chi connectivity index (χ0v) is 18.9. The molecule has 2 aromatic carbocycles. The Morgan fingerprint density at radius 2 is 1.55 bits per heavy atom. The van der Waals surface area contributed by atoms with Gasteiger partial charge < -0.3 is 5.32 Å². The lowest BCUT2D eigenvalue weighted by Gasteiger charge is -2.08. The second-order valence-corrected chi connectivity index (χ2v) is 6.99. The third-order valence-electron chi connectivity index (χ3n) is 4.33. The summed E-state index contributed by atoms with van der Waals surface area (Å²) < 4.78 is 0. The van der Waals surface area contributed by atoms with Gasteiger partial charge in [0.05, 0.1) is 5.70 Å². The maximum absolute atomic E-state index is 4.77. The van der Waals surface area contributed by atoms with Crippen molar-refractivity contribution in [2.75, 3.05) is 6.54 Å². The Kier molecular flexibility index (Phi) is 12.0. The number of hydrogen-bond acceptors (Lipinski definition) is 2. The van der Waals surface area contributed by atoms with Crippen LogP contribution in [-0.2, 0) is 6.54 Å². The Labute approximate surface area is 177 Å². The first-order valence-corrected chi connectivity index (χ1v) is 10.3. The van der Waals surface area contributed by atoms with Crippen LogP contribution in [0.3, 0.4) is 0 Å². The Morgan fingerprint density at radius 1 is 0.897 bits per heavy atom. The average Bonchev–Trinajstić information content (AvgIpc) is 2.73. The zero-order chi connectivity index (χ0) is 21.5. The van der Waals surface area contributed by atoms with Crippen molar-refractivity contribution in [2.45, 2.75) is 48.1 Å². The molecule has 0 radical (unpaired) electrons. The van der Waals surface area contributed by atoms with Crippen LogP contribution in [0.4, 0.5) is 0 Å². The molecule has 29 heavy (non-hydrogen) atoms. The van der Waals surface area contributed by atoms with E-state index in [1.807, 2.05) is 45.1 Å². The van der Waals surface area contributed by atoms with E-state index in [0.29, 0.717) is 0 Å². The molecule has 0 aliphatic carbocycles. The van der Waals surface area contributed by atoms with Crippen LogP contribution < -0.4 is 5.32 Å². The van der Waals surface area contributed by atoms with Gasteiger partial charge in [-0.2, -0.15) is 0 Å². The summed E-state index contributed by atoms with van der Waals surface area (Å²) in [7, 11) is 0. The second-order valence-electron chi connectivity index (χ2n) is 6.99. The molecule has 0 spiro atoms. The molecule has 0 aromatic heterocycles. The topological polar surface area (TPSA) is 24.4 Å². The van der Waals surface area contributed by atoms with Crippen molar-refractivity contribution in [3.8, 4) is 0 Å². The van der Waals surface area contributed by atoms with E-state index in [4.69, 9.17) is 4.99 Å². The van der Waals surface area contributed by atoms with Gasteiger partial charge in [0.25, 0.3) is 0 Å². The standard InChI is InChI=1S/C21H26N2.C6H10/c1-5-21(15-22-14-19-11-9-16(2)10-12-19)23-18(4)20-8-6-7-17(3)13-20;1-3-5-6-4-2/h5-13,22H,14-15H2,1-4H3;3-6H,1-2H3/b21-5-,23-18?;5-3-,6-4-. The van der Waals surface area contributed by atoms with E-state index >= 15 is 0 Å². The van der Waals surface area contributed by atoms with Gasteiger partial charge in [0, 0.05) is 18.8 Å². The van der Waals surface area contributed by atoms with Gasteiger partial charge in [-0.3, -0.25) is 4.99 Å². The molecule has 0 aliphatic rings. The maximum Gasteiger partial charge on any atom is 0.0502 e. The van der Waals surface area contributed by atoms with Gasteiger partial charge in [-0.05, 0) is 52.7 Å². The lowest BCUT2D eigenvalue weighted by atomic mass is 10.1. The van der Waals surface area contributed by atoms with Crippen molar-refractivity contribution in [1.82, 2.24) is 5.32 Å². The average molecular weight is 389 g/mol. The zero-order valence-electron chi connectivity index (χ0n) is 18.9. The van der Waals surface area contributed by atoms with E-state index in [-0.39, 0.29) is 0 Å². The summed E-state index contributed by atoms with van der Waals surface area (Å²) in [6.07, 6.45) is 10.1. The first kappa shape index (κ1) is 24.3. The molecule has 0 bridgehead atoms. The van der Waals surface area contributed by atoms with E-state index < -0.39 is 0 Å². The van der Waals surface area contributed by atoms with Crippen molar-refractivity contribution in [2.24, 2.45) is 4.99 Å². The quantitative estimate of drug-likeness (QED) is 0.403. The molecule has 154 valence electrons. The molecular formula is C27H36N2. The minimum atomic E-state index is 0.771. The molecule has 0 saturated heterocycles. The predicted molar refractivity (Wildman–Crippen MR) is 130 cm³/mol. The summed E-state index contributed by atoms with van der Waals surface area (Å²) in [5.74, 6) is 0. The normalized spacial score (nSPS) is 12.3. The highest BCUT2D eigenvalue weighted by atomic mass is 14.9. The molecule has 2 rings (SSSR count). The molecular weight excluding hydrogens is 352 g/mol. The van der Waals surface area contributed by atoms with Crippen LogP contribution >= 0.6 is 0 Å². The molecule has 0 aliphatic heterocycles. The molecule has 0 unspecified atom stereocenters. The van der Waals surface area contributed by atoms with Gasteiger partial charge >= 0.3 is 0 Å². The van der Waals surface area contributed by atoms with Crippen LogP contribution in [-0.4, -0.2) is 12.3 Å². The summed E-state index contributed by atoms with van der Waals surface area (Å²) in [4.78, 5) is 4.77. The SMILES string of the molecule is C/C=C(/CNCc1ccc(C)cc1)N=C(C)c1cccc(C)c1.C/C=C\C=C/C. The molecule has 0 saturated carbocycles. The highest BCUT2D eigenvalue weighted by molar-refractivity contribution is 5.99. The summed E-state index contributed by atoms with van der Waals surface area (Å²) in [6.45, 7) is 14.0. The van der Waals surface area contributed by atoms with E-state index in [9.17, 15) is 0 Å². The van der Waals surface area contributed by atoms with Crippen LogP contribution in [0, 0.1) is 13.8 Å². The fraction of sp³-hybridized carbons (Fsp3) is 0.296. The number of nitrogens with zero attached hydrogens (tertiary/aromatic N) is 1. The van der Waals surface area contributed by atoms with Crippen molar-refractivity contribution in [3.63, 3.8) is 0 Å². The monoisotopic (exact) mass is 388 g/mol. The van der Waals surface area contributed by atoms with Crippen LogP contribution in [0.2, 0.25) is 0 Å². The third kappa shape index (κ3) is 10.4. The molecule has 0 fully saturated rings. The first-order chi connectivity index (χ1) is 14.0. The summed E-state index contributed by atoms with van der Waals surface area (Å²) in [5.41, 5.74) is 7.15. The molecule has 2 aromatic rings. The van der Waals surface area contributed by atoms with Crippen LogP contribution in [0.1, 0.15) is 49.9 Å². The highest BCUT2D eigenvalue weighted by Gasteiger charge is 2.00. The lowest BCUT2D eigenvalue weighted by Crippen LogP contribution is -2.16. The van der Waals surface area contributed by atoms with E-state index in [2.05, 4.69) is 80.7 Å². The fourth-order valence-electron chi connectivity index (χ4n) is 2.62. The lowest BCUT2D eigenvalue weighted by molar-refractivity contribution is 0.734. The summed E-state index contributed by atoms with van der Waals surface area (Å²) >= 11 is 0. The largest absolute Gasteiger partial charge is 0.307 e. The van der Waals surface area contributed by atoms with Crippen LogP contribution in [0.15, 0.2) is 89.6 Å². The van der Waals surface area contributed by atoms with E-state index in [0.717, 1.165) is 24.5 Å². The molecule has 2 nitrogen and oxygen atoms in total. The number of nitrogens with one attached hydrogen (secondary N) is 1. The van der Waals surface area contributed by atoms with Gasteiger partial charge in [-0.25, -0.2) is 0 Å². The van der Waals surface area contributed by atoms with Gasteiger partial charge in [0.1, 0.15) is 0 Å². The smallest absolute Gasteiger partial charge is 0.0502 e.